The Morgan fingerprint density at radius 1 is 1.47 bits per heavy atom. The first-order valence-electron chi connectivity index (χ1n) is 5.56. The molecule has 17 heavy (non-hydrogen) atoms. The van der Waals surface area contributed by atoms with Crippen molar-refractivity contribution in [2.75, 3.05) is 25.1 Å². The van der Waals surface area contributed by atoms with Gasteiger partial charge < -0.3 is 20.1 Å². The zero-order valence-electron chi connectivity index (χ0n) is 10.0. The number of benzene rings is 1. The lowest BCUT2D eigenvalue weighted by Gasteiger charge is -2.21. The number of nitrogens with zero attached hydrogens (tertiary/aromatic N) is 2. The molecule has 0 spiro atoms. The highest BCUT2D eigenvalue weighted by molar-refractivity contribution is 5.79. The largest absolute Gasteiger partial charge is 0.394 e. The summed E-state index contributed by atoms with van der Waals surface area (Å²) in [6.07, 6.45) is -0.723. The van der Waals surface area contributed by atoms with E-state index in [4.69, 9.17) is 5.11 Å². The van der Waals surface area contributed by atoms with E-state index in [-0.39, 0.29) is 6.61 Å². The first kappa shape index (κ1) is 11.9. The van der Waals surface area contributed by atoms with Crippen LogP contribution in [0.5, 0.6) is 0 Å². The molecule has 1 heterocycles. The molecule has 0 aliphatic carbocycles. The van der Waals surface area contributed by atoms with Crippen LogP contribution < -0.4 is 4.90 Å². The number of anilines is 1. The molecule has 1 aromatic carbocycles. The highest BCUT2D eigenvalue weighted by Crippen LogP contribution is 2.19. The maximum Gasteiger partial charge on any atom is 0.104 e. The fourth-order valence-electron chi connectivity index (χ4n) is 1.84. The summed E-state index contributed by atoms with van der Waals surface area (Å²) in [5.74, 6) is 0.884. The number of aliphatic hydroxyl groups is 2. The Kier molecular flexibility index (Phi) is 3.31. The van der Waals surface area contributed by atoms with Gasteiger partial charge in [-0.1, -0.05) is 0 Å². The molecule has 2 aromatic rings. The lowest BCUT2D eigenvalue weighted by atomic mass is 10.2. The Labute approximate surface area is 99.7 Å². The molecule has 1 atom stereocenters. The zero-order chi connectivity index (χ0) is 12.4. The molecule has 0 aliphatic rings. The second-order valence-corrected chi connectivity index (χ2v) is 4.24. The first-order valence-corrected chi connectivity index (χ1v) is 5.56. The molecule has 3 N–H and O–H groups in total. The number of aromatic nitrogens is 2. The lowest BCUT2D eigenvalue weighted by Crippen LogP contribution is -2.31. The summed E-state index contributed by atoms with van der Waals surface area (Å²) in [7, 11) is 1.88. The number of aliphatic hydroxyl groups excluding tert-OH is 2. The predicted octanol–water partition coefficient (Wildman–Crippen LogP) is 0.661. The van der Waals surface area contributed by atoms with Crippen LogP contribution in [0.15, 0.2) is 18.2 Å². The highest BCUT2D eigenvalue weighted by atomic mass is 16.3. The van der Waals surface area contributed by atoms with Gasteiger partial charge in [0, 0.05) is 19.3 Å². The van der Waals surface area contributed by atoms with E-state index in [9.17, 15) is 5.11 Å². The Balaban J connectivity index is 2.23. The smallest absolute Gasteiger partial charge is 0.104 e. The molecule has 0 amide bonds. The van der Waals surface area contributed by atoms with Crippen LogP contribution in [0, 0.1) is 6.92 Å². The van der Waals surface area contributed by atoms with Gasteiger partial charge in [0.25, 0.3) is 0 Å². The summed E-state index contributed by atoms with van der Waals surface area (Å²) >= 11 is 0. The summed E-state index contributed by atoms with van der Waals surface area (Å²) in [6.45, 7) is 2.09. The normalized spacial score (nSPS) is 12.9. The molecule has 0 aliphatic heterocycles. The molecule has 0 saturated heterocycles. The molecular formula is C12H17N3O2. The van der Waals surface area contributed by atoms with Crippen LogP contribution in [0.25, 0.3) is 11.0 Å². The second kappa shape index (κ2) is 4.73. The van der Waals surface area contributed by atoms with Crippen molar-refractivity contribution in [3.05, 3.63) is 24.0 Å². The topological polar surface area (TPSA) is 72.4 Å². The third-order valence-corrected chi connectivity index (χ3v) is 2.72. The van der Waals surface area contributed by atoms with Crippen LogP contribution in [-0.4, -0.2) is 46.5 Å². The molecule has 2 rings (SSSR count). The zero-order valence-corrected chi connectivity index (χ0v) is 10.0. The lowest BCUT2D eigenvalue weighted by molar-refractivity contribution is 0.101. The van der Waals surface area contributed by atoms with Crippen molar-refractivity contribution in [1.29, 1.82) is 0 Å². The number of hydrogen-bond acceptors (Lipinski definition) is 4. The Bertz CT molecular complexity index is 509. The summed E-state index contributed by atoms with van der Waals surface area (Å²) in [5, 5.41) is 18.2. The van der Waals surface area contributed by atoms with Gasteiger partial charge in [-0.2, -0.15) is 0 Å². The average molecular weight is 235 g/mol. The summed E-state index contributed by atoms with van der Waals surface area (Å²) in [5.41, 5.74) is 2.89. The minimum absolute atomic E-state index is 0.226. The third-order valence-electron chi connectivity index (χ3n) is 2.72. The number of imidazole rings is 1. The van der Waals surface area contributed by atoms with E-state index in [0.717, 1.165) is 22.5 Å². The molecule has 92 valence electrons. The highest BCUT2D eigenvalue weighted by Gasteiger charge is 2.09. The number of fused-ring (bicyclic) bond motifs is 1. The van der Waals surface area contributed by atoms with Gasteiger partial charge in [0.1, 0.15) is 5.82 Å². The number of likely N-dealkylation sites (N-methyl/N-ethyl adjacent to an activating group) is 1. The van der Waals surface area contributed by atoms with Gasteiger partial charge in [-0.25, -0.2) is 4.98 Å². The number of nitrogens with one attached hydrogen (secondary N) is 1. The van der Waals surface area contributed by atoms with Crippen LogP contribution in [-0.2, 0) is 0 Å². The average Bonchev–Trinajstić information content (AvgIpc) is 2.67. The predicted molar refractivity (Wildman–Crippen MR) is 67.2 cm³/mol. The van der Waals surface area contributed by atoms with Gasteiger partial charge in [0.2, 0.25) is 0 Å². The van der Waals surface area contributed by atoms with Crippen molar-refractivity contribution in [3.63, 3.8) is 0 Å². The Morgan fingerprint density at radius 3 is 2.94 bits per heavy atom. The summed E-state index contributed by atoms with van der Waals surface area (Å²) in [4.78, 5) is 9.40. The summed E-state index contributed by atoms with van der Waals surface area (Å²) < 4.78 is 0. The van der Waals surface area contributed by atoms with Crippen LogP contribution in [0.3, 0.4) is 0 Å². The van der Waals surface area contributed by atoms with Gasteiger partial charge >= 0.3 is 0 Å². The molecule has 0 bridgehead atoms. The van der Waals surface area contributed by atoms with E-state index in [1.54, 1.807) is 0 Å². The maximum atomic E-state index is 9.40. The number of aryl methyl sites for hydroxylation is 1. The number of H-pyrrole nitrogens is 1. The van der Waals surface area contributed by atoms with E-state index in [2.05, 4.69) is 9.97 Å². The molecule has 5 heteroatoms. The van der Waals surface area contributed by atoms with Crippen molar-refractivity contribution in [3.8, 4) is 0 Å². The van der Waals surface area contributed by atoms with E-state index in [1.807, 2.05) is 37.1 Å². The Morgan fingerprint density at radius 2 is 2.24 bits per heavy atom. The molecule has 1 aromatic heterocycles. The van der Waals surface area contributed by atoms with E-state index in [0.29, 0.717) is 6.54 Å². The molecule has 1 unspecified atom stereocenters. The second-order valence-electron chi connectivity index (χ2n) is 4.24. The molecule has 5 nitrogen and oxygen atoms in total. The molecule has 0 radical (unpaired) electrons. The van der Waals surface area contributed by atoms with Crippen LogP contribution in [0.2, 0.25) is 0 Å². The fourth-order valence-corrected chi connectivity index (χ4v) is 1.84. The van der Waals surface area contributed by atoms with Crippen molar-refractivity contribution >= 4 is 16.7 Å². The molecule has 0 fully saturated rings. The van der Waals surface area contributed by atoms with Crippen molar-refractivity contribution in [2.24, 2.45) is 0 Å². The van der Waals surface area contributed by atoms with Gasteiger partial charge in [-0.3, -0.25) is 0 Å². The summed E-state index contributed by atoms with van der Waals surface area (Å²) in [6, 6.07) is 5.88. The van der Waals surface area contributed by atoms with Gasteiger partial charge in [0.05, 0.1) is 23.7 Å². The molecule has 0 saturated carbocycles. The monoisotopic (exact) mass is 235 g/mol. The quantitative estimate of drug-likeness (QED) is 0.728. The number of hydrogen-bond donors (Lipinski definition) is 3. The Hall–Kier alpha value is -1.59. The van der Waals surface area contributed by atoms with Gasteiger partial charge in [0.15, 0.2) is 0 Å². The van der Waals surface area contributed by atoms with Crippen molar-refractivity contribution in [1.82, 2.24) is 9.97 Å². The fraction of sp³-hybridized carbons (Fsp3) is 0.417. The minimum Gasteiger partial charge on any atom is -0.394 e. The third kappa shape index (κ3) is 2.57. The molecular weight excluding hydrogens is 218 g/mol. The number of rotatable bonds is 4. The van der Waals surface area contributed by atoms with Crippen LogP contribution >= 0.6 is 0 Å². The van der Waals surface area contributed by atoms with E-state index < -0.39 is 6.10 Å². The van der Waals surface area contributed by atoms with Gasteiger partial charge in [-0.15, -0.1) is 0 Å². The van der Waals surface area contributed by atoms with E-state index >= 15 is 0 Å². The van der Waals surface area contributed by atoms with Crippen LogP contribution in [0.1, 0.15) is 5.82 Å². The number of aromatic amines is 1. The van der Waals surface area contributed by atoms with Crippen molar-refractivity contribution in [2.45, 2.75) is 13.0 Å². The first-order chi connectivity index (χ1) is 8.10. The van der Waals surface area contributed by atoms with Gasteiger partial charge in [-0.05, 0) is 25.1 Å². The SMILES string of the molecule is Cc1nc2ccc(N(C)CC(O)CO)cc2[nH]1. The maximum absolute atomic E-state index is 9.40. The standard InChI is InChI=1S/C12H17N3O2/c1-8-13-11-4-3-9(5-12(11)14-8)15(2)6-10(17)7-16/h3-5,10,16-17H,6-7H2,1-2H3,(H,13,14). The van der Waals surface area contributed by atoms with Crippen molar-refractivity contribution < 1.29 is 10.2 Å². The minimum atomic E-state index is -0.723. The van der Waals surface area contributed by atoms with Crippen LogP contribution in [0.4, 0.5) is 5.69 Å². The van der Waals surface area contributed by atoms with E-state index in [1.165, 1.54) is 0 Å².